The van der Waals surface area contributed by atoms with Gasteiger partial charge < -0.3 is 9.50 Å². The molecule has 1 amide bonds. The Kier molecular flexibility index (Phi) is 6.72. The molecule has 1 fully saturated rings. The summed E-state index contributed by atoms with van der Waals surface area (Å²) in [5.74, 6) is -0.259. The fraction of sp³-hybridized carbons (Fsp3) is 0.0833. The number of carbonyl (C=O) groups excluding carboxylic acids is 1. The molecule has 11 heteroatoms. The predicted molar refractivity (Wildman–Crippen MR) is 134 cm³/mol. The first-order valence-electron chi connectivity index (χ1n) is 10.3. The van der Waals surface area contributed by atoms with E-state index in [1.807, 2.05) is 6.92 Å². The summed E-state index contributed by atoms with van der Waals surface area (Å²) >= 11 is 1.10. The van der Waals surface area contributed by atoms with Crippen molar-refractivity contribution in [1.29, 1.82) is 0 Å². The van der Waals surface area contributed by atoms with Gasteiger partial charge in [0.15, 0.2) is 5.17 Å². The molecule has 4 rings (SSSR count). The second kappa shape index (κ2) is 9.72. The summed E-state index contributed by atoms with van der Waals surface area (Å²) in [5.41, 5.74) is 2.54. The number of hydrogen-bond donors (Lipinski definition) is 1. The third-order valence-electron chi connectivity index (χ3n) is 4.94. The Morgan fingerprint density at radius 1 is 1.06 bits per heavy atom. The van der Waals surface area contributed by atoms with Gasteiger partial charge in [0.1, 0.15) is 10.6 Å². The lowest BCUT2D eigenvalue weighted by Gasteiger charge is -2.08. The van der Waals surface area contributed by atoms with Gasteiger partial charge in [-0.05, 0) is 73.1 Å². The number of nitrogens with zero attached hydrogens (tertiary/aromatic N) is 2. The molecular weight excluding hydrogens is 490 g/mol. The summed E-state index contributed by atoms with van der Waals surface area (Å²) in [6, 6.07) is 17.0. The molecule has 0 aliphatic carbocycles. The molecule has 0 saturated carbocycles. The van der Waals surface area contributed by atoms with Crippen molar-refractivity contribution in [3.63, 3.8) is 0 Å². The van der Waals surface area contributed by atoms with Crippen molar-refractivity contribution in [1.82, 2.24) is 5.32 Å². The van der Waals surface area contributed by atoms with E-state index in [-0.39, 0.29) is 22.2 Å². The molecule has 1 aliphatic heterocycles. The van der Waals surface area contributed by atoms with E-state index < -0.39 is 15.0 Å². The van der Waals surface area contributed by atoms with Crippen molar-refractivity contribution in [2.45, 2.75) is 18.7 Å². The summed E-state index contributed by atoms with van der Waals surface area (Å²) in [4.78, 5) is 27.6. The van der Waals surface area contributed by atoms with Crippen molar-refractivity contribution in [3.05, 3.63) is 98.4 Å². The number of rotatable bonds is 6. The number of thioether (sulfide) groups is 1. The maximum atomic E-state index is 12.6. The average Bonchev–Trinajstić information content (AvgIpc) is 3.13. The van der Waals surface area contributed by atoms with E-state index in [0.717, 1.165) is 17.3 Å². The summed E-state index contributed by atoms with van der Waals surface area (Å²) in [5, 5.41) is 13.9. The van der Waals surface area contributed by atoms with Gasteiger partial charge >= 0.3 is 10.1 Å². The lowest BCUT2D eigenvalue weighted by molar-refractivity contribution is -0.384. The molecular formula is C24H19N3O6S2. The largest absolute Gasteiger partial charge is 0.379 e. The minimum atomic E-state index is -4.01. The Balaban J connectivity index is 1.53. The molecule has 0 aromatic heterocycles. The molecule has 3 aromatic carbocycles. The zero-order chi connectivity index (χ0) is 25.2. The Labute approximate surface area is 205 Å². The monoisotopic (exact) mass is 509 g/mol. The molecule has 0 unspecified atom stereocenters. The van der Waals surface area contributed by atoms with Crippen LogP contribution in [0.4, 0.5) is 11.4 Å². The number of aliphatic imine (C=N–C) groups is 1. The van der Waals surface area contributed by atoms with Crippen LogP contribution in [0.5, 0.6) is 5.75 Å². The highest BCUT2D eigenvalue weighted by molar-refractivity contribution is 8.18. The molecule has 0 atom stereocenters. The van der Waals surface area contributed by atoms with Crippen molar-refractivity contribution in [2.24, 2.45) is 4.99 Å². The van der Waals surface area contributed by atoms with Crippen molar-refractivity contribution >= 4 is 50.4 Å². The van der Waals surface area contributed by atoms with Crippen LogP contribution in [0, 0.1) is 24.0 Å². The number of amides is 1. The number of aryl methyl sites for hydroxylation is 2. The van der Waals surface area contributed by atoms with Gasteiger partial charge in [0, 0.05) is 12.1 Å². The first-order valence-corrected chi connectivity index (χ1v) is 12.5. The van der Waals surface area contributed by atoms with Crippen LogP contribution in [0.15, 0.2) is 81.5 Å². The highest BCUT2D eigenvalue weighted by Crippen LogP contribution is 2.31. The Morgan fingerprint density at radius 2 is 1.80 bits per heavy atom. The highest BCUT2D eigenvalue weighted by atomic mass is 32.2. The van der Waals surface area contributed by atoms with Crippen LogP contribution < -0.4 is 9.50 Å². The number of nitro benzene ring substituents is 1. The topological polar surface area (TPSA) is 128 Å². The van der Waals surface area contributed by atoms with E-state index in [1.165, 1.54) is 42.5 Å². The second-order valence-corrected chi connectivity index (χ2v) is 10.2. The van der Waals surface area contributed by atoms with E-state index in [4.69, 9.17) is 4.18 Å². The van der Waals surface area contributed by atoms with Crippen LogP contribution in [0.3, 0.4) is 0 Å². The lowest BCUT2D eigenvalue weighted by atomic mass is 10.2. The maximum Gasteiger partial charge on any atom is 0.339 e. The summed E-state index contributed by atoms with van der Waals surface area (Å²) in [7, 11) is -4.01. The number of non-ortho nitro benzene ring substituents is 1. The van der Waals surface area contributed by atoms with Gasteiger partial charge in [0.2, 0.25) is 0 Å². The molecule has 1 N–H and O–H groups in total. The van der Waals surface area contributed by atoms with Gasteiger partial charge in [-0.3, -0.25) is 14.9 Å². The molecule has 0 bridgehead atoms. The predicted octanol–water partition coefficient (Wildman–Crippen LogP) is 4.87. The van der Waals surface area contributed by atoms with Gasteiger partial charge in [-0.25, -0.2) is 4.99 Å². The zero-order valence-corrected chi connectivity index (χ0v) is 20.2. The van der Waals surface area contributed by atoms with Gasteiger partial charge in [0.05, 0.1) is 15.5 Å². The van der Waals surface area contributed by atoms with E-state index in [2.05, 4.69) is 10.3 Å². The number of hydrogen-bond acceptors (Lipinski definition) is 8. The quantitative estimate of drug-likeness (QED) is 0.217. The van der Waals surface area contributed by atoms with Crippen molar-refractivity contribution in [3.8, 4) is 5.75 Å². The molecule has 3 aromatic rings. The number of benzene rings is 3. The Morgan fingerprint density at radius 3 is 2.49 bits per heavy atom. The van der Waals surface area contributed by atoms with Crippen LogP contribution in [-0.4, -0.2) is 24.4 Å². The van der Waals surface area contributed by atoms with Gasteiger partial charge in [0.25, 0.3) is 11.6 Å². The Bertz CT molecular complexity index is 1500. The van der Waals surface area contributed by atoms with Gasteiger partial charge in [-0.15, -0.1) is 0 Å². The maximum absolute atomic E-state index is 12.6. The standard InChI is InChI=1S/C24H19N3O6S2/c1-15-6-9-20(10-7-15)35(31,32)33-19-5-3-4-17(13-19)14-22-23(28)26-24(34-22)25-21-11-8-18(27(29)30)12-16(21)2/h3-14H,1-2H3,(H,25,26,28)/b22-14+. The lowest BCUT2D eigenvalue weighted by Crippen LogP contribution is -2.19. The number of nitro groups is 1. The first-order chi connectivity index (χ1) is 16.6. The van der Waals surface area contributed by atoms with E-state index in [1.54, 1.807) is 37.3 Å². The molecule has 1 heterocycles. The molecule has 35 heavy (non-hydrogen) atoms. The third kappa shape index (κ3) is 5.76. The molecule has 178 valence electrons. The molecule has 1 saturated heterocycles. The minimum Gasteiger partial charge on any atom is -0.379 e. The smallest absolute Gasteiger partial charge is 0.339 e. The number of carbonyl (C=O) groups is 1. The normalized spacial score (nSPS) is 15.9. The number of amidine groups is 1. The van der Waals surface area contributed by atoms with Crippen LogP contribution >= 0.6 is 11.8 Å². The fourth-order valence-corrected chi connectivity index (χ4v) is 4.91. The summed E-state index contributed by atoms with van der Waals surface area (Å²) in [6.07, 6.45) is 1.59. The summed E-state index contributed by atoms with van der Waals surface area (Å²) in [6.45, 7) is 3.55. The number of nitrogens with one attached hydrogen (secondary N) is 1. The third-order valence-corrected chi connectivity index (χ3v) is 7.11. The van der Waals surface area contributed by atoms with E-state index in [0.29, 0.717) is 26.9 Å². The first kappa shape index (κ1) is 24.2. The van der Waals surface area contributed by atoms with E-state index >= 15 is 0 Å². The molecule has 9 nitrogen and oxygen atoms in total. The summed E-state index contributed by atoms with van der Waals surface area (Å²) < 4.78 is 30.4. The van der Waals surface area contributed by atoms with Crippen molar-refractivity contribution in [2.75, 3.05) is 0 Å². The fourth-order valence-electron chi connectivity index (χ4n) is 3.16. The van der Waals surface area contributed by atoms with Crippen LogP contribution in [0.2, 0.25) is 0 Å². The molecule has 0 radical (unpaired) electrons. The Hall–Kier alpha value is -3.96. The van der Waals surface area contributed by atoms with Crippen LogP contribution in [0.25, 0.3) is 6.08 Å². The molecule has 0 spiro atoms. The minimum absolute atomic E-state index is 0.0401. The van der Waals surface area contributed by atoms with Crippen molar-refractivity contribution < 1.29 is 22.3 Å². The average molecular weight is 510 g/mol. The zero-order valence-electron chi connectivity index (χ0n) is 18.6. The SMILES string of the molecule is Cc1ccc(S(=O)(=O)Oc2cccc(/C=C3/SC(=Nc4ccc([N+](=O)[O-])cc4C)NC3=O)c2)cc1. The van der Waals surface area contributed by atoms with Crippen LogP contribution in [0.1, 0.15) is 16.7 Å². The van der Waals surface area contributed by atoms with Crippen LogP contribution in [-0.2, 0) is 14.9 Å². The second-order valence-electron chi connectivity index (χ2n) is 7.63. The van der Waals surface area contributed by atoms with E-state index in [9.17, 15) is 23.3 Å². The molecule has 1 aliphatic rings. The van der Waals surface area contributed by atoms with Gasteiger partial charge in [-0.2, -0.15) is 8.42 Å². The van der Waals surface area contributed by atoms with Gasteiger partial charge in [-0.1, -0.05) is 29.8 Å². The highest BCUT2D eigenvalue weighted by Gasteiger charge is 2.24.